The molecule has 0 saturated carbocycles. The molecule has 0 fully saturated rings. The molecule has 26 heavy (non-hydrogen) atoms. The summed E-state index contributed by atoms with van der Waals surface area (Å²) in [6.45, 7) is 2.12. The van der Waals surface area contributed by atoms with Crippen LogP contribution in [0.3, 0.4) is 0 Å². The number of nitrogens with zero attached hydrogens (tertiary/aromatic N) is 1. The largest absolute Gasteiger partial charge is 0.380 e. The fourth-order valence-electron chi connectivity index (χ4n) is 3.07. The van der Waals surface area contributed by atoms with Crippen LogP contribution in [0.1, 0.15) is 36.9 Å². The SMILES string of the molecule is CCCCNc1c(F)c(F)c(C(c2ccc[nH]2)C2C=CC=N2)c(F)c1F. The maximum atomic E-state index is 14.8. The summed E-state index contributed by atoms with van der Waals surface area (Å²) in [6, 6.07) is 2.60. The van der Waals surface area contributed by atoms with Crippen molar-refractivity contribution < 1.29 is 17.6 Å². The fraction of sp³-hybridized carbons (Fsp3) is 0.316. The van der Waals surface area contributed by atoms with Gasteiger partial charge in [0, 0.05) is 30.2 Å². The highest BCUT2D eigenvalue weighted by molar-refractivity contribution is 5.74. The molecular formula is C19H19F4N3. The standard InChI is InChI=1S/C19H19F4N3/c1-2-3-8-26-19-17(22)15(20)14(16(21)18(19)23)13(11-6-4-9-24-11)12-7-5-10-25-12/h4-7,9-11,13,25-26H,2-3,8H2,1H3. The molecule has 2 unspecified atom stereocenters. The summed E-state index contributed by atoms with van der Waals surface area (Å²) in [5.41, 5.74) is -1.02. The highest BCUT2D eigenvalue weighted by Gasteiger charge is 2.35. The zero-order valence-electron chi connectivity index (χ0n) is 14.2. The van der Waals surface area contributed by atoms with Crippen molar-refractivity contribution in [1.82, 2.24) is 4.98 Å². The molecule has 0 saturated heterocycles. The molecule has 0 aliphatic carbocycles. The molecule has 0 amide bonds. The second kappa shape index (κ2) is 7.76. The smallest absolute Gasteiger partial charge is 0.185 e. The number of nitrogens with one attached hydrogen (secondary N) is 2. The molecule has 3 nitrogen and oxygen atoms in total. The first-order valence-corrected chi connectivity index (χ1v) is 8.49. The van der Waals surface area contributed by atoms with Gasteiger partial charge in [-0.1, -0.05) is 19.4 Å². The first-order chi connectivity index (χ1) is 12.6. The van der Waals surface area contributed by atoms with Crippen LogP contribution in [0.25, 0.3) is 0 Å². The van der Waals surface area contributed by atoms with Crippen molar-refractivity contribution in [1.29, 1.82) is 0 Å². The van der Waals surface area contributed by atoms with E-state index in [0.717, 1.165) is 6.42 Å². The number of aliphatic imine (C=N–C) groups is 1. The van der Waals surface area contributed by atoms with E-state index in [1.54, 1.807) is 30.5 Å². The van der Waals surface area contributed by atoms with Crippen LogP contribution in [0.5, 0.6) is 0 Å². The van der Waals surface area contributed by atoms with Gasteiger partial charge in [0.25, 0.3) is 0 Å². The van der Waals surface area contributed by atoms with Crippen LogP contribution in [-0.2, 0) is 0 Å². The van der Waals surface area contributed by atoms with Gasteiger partial charge in [-0.05, 0) is 24.6 Å². The molecule has 2 aromatic rings. The molecule has 0 spiro atoms. The number of H-pyrrole nitrogens is 1. The third-order valence-electron chi connectivity index (χ3n) is 4.39. The Labute approximate surface area is 148 Å². The molecule has 2 heterocycles. The van der Waals surface area contributed by atoms with Crippen LogP contribution in [0.4, 0.5) is 23.2 Å². The highest BCUT2D eigenvalue weighted by Crippen LogP contribution is 2.38. The molecule has 7 heteroatoms. The number of hydrogen-bond donors (Lipinski definition) is 2. The lowest BCUT2D eigenvalue weighted by Crippen LogP contribution is -2.21. The lowest BCUT2D eigenvalue weighted by Gasteiger charge is -2.23. The van der Waals surface area contributed by atoms with E-state index in [1.807, 2.05) is 6.92 Å². The average Bonchev–Trinajstić information content (AvgIpc) is 3.34. The normalized spacial score (nSPS) is 17.0. The molecular weight excluding hydrogens is 346 g/mol. The van der Waals surface area contributed by atoms with E-state index in [9.17, 15) is 17.6 Å². The average molecular weight is 365 g/mol. The minimum Gasteiger partial charge on any atom is -0.380 e. The second-order valence-corrected chi connectivity index (χ2v) is 6.10. The van der Waals surface area contributed by atoms with Crippen LogP contribution < -0.4 is 5.32 Å². The van der Waals surface area contributed by atoms with Crippen molar-refractivity contribution in [2.24, 2.45) is 4.99 Å². The predicted molar refractivity (Wildman–Crippen MR) is 93.7 cm³/mol. The maximum Gasteiger partial charge on any atom is 0.185 e. The Bertz CT molecular complexity index is 787. The van der Waals surface area contributed by atoms with Crippen molar-refractivity contribution in [2.45, 2.75) is 31.7 Å². The molecule has 138 valence electrons. The summed E-state index contributed by atoms with van der Waals surface area (Å²) in [5.74, 6) is -6.65. The van der Waals surface area contributed by atoms with Gasteiger partial charge >= 0.3 is 0 Å². The van der Waals surface area contributed by atoms with Crippen LogP contribution in [0, 0.1) is 23.3 Å². The van der Waals surface area contributed by atoms with Crippen molar-refractivity contribution in [3.8, 4) is 0 Å². The Morgan fingerprint density at radius 2 is 1.88 bits per heavy atom. The van der Waals surface area contributed by atoms with Gasteiger partial charge in [0.15, 0.2) is 23.3 Å². The summed E-state index contributed by atoms with van der Waals surface area (Å²) in [4.78, 5) is 7.00. The maximum absolute atomic E-state index is 14.8. The monoisotopic (exact) mass is 365 g/mol. The third-order valence-corrected chi connectivity index (χ3v) is 4.39. The highest BCUT2D eigenvalue weighted by atomic mass is 19.2. The van der Waals surface area contributed by atoms with Gasteiger partial charge in [0.2, 0.25) is 0 Å². The van der Waals surface area contributed by atoms with Gasteiger partial charge < -0.3 is 10.3 Å². The minimum atomic E-state index is -1.42. The number of aromatic nitrogens is 1. The van der Waals surface area contributed by atoms with E-state index >= 15 is 0 Å². The van der Waals surface area contributed by atoms with Gasteiger partial charge in [0.05, 0.1) is 12.0 Å². The van der Waals surface area contributed by atoms with Gasteiger partial charge in [-0.3, -0.25) is 4.99 Å². The second-order valence-electron chi connectivity index (χ2n) is 6.10. The Morgan fingerprint density at radius 1 is 1.15 bits per heavy atom. The topological polar surface area (TPSA) is 40.2 Å². The van der Waals surface area contributed by atoms with Crippen LogP contribution in [-0.4, -0.2) is 23.8 Å². The van der Waals surface area contributed by atoms with Crippen LogP contribution in [0.15, 0.2) is 35.5 Å². The zero-order valence-corrected chi connectivity index (χ0v) is 14.2. The number of unbranched alkanes of at least 4 members (excludes halogenated alkanes) is 1. The molecule has 1 aromatic carbocycles. The van der Waals surface area contributed by atoms with E-state index in [-0.39, 0.29) is 6.54 Å². The van der Waals surface area contributed by atoms with Crippen molar-refractivity contribution >= 4 is 11.9 Å². The van der Waals surface area contributed by atoms with E-state index in [0.29, 0.717) is 12.1 Å². The molecule has 1 aliphatic heterocycles. The lowest BCUT2D eigenvalue weighted by atomic mass is 9.87. The number of allylic oxidation sites excluding steroid dienone is 1. The van der Waals surface area contributed by atoms with E-state index in [1.165, 1.54) is 6.21 Å². The number of aromatic amines is 1. The van der Waals surface area contributed by atoms with Crippen LogP contribution >= 0.6 is 0 Å². The minimum absolute atomic E-state index is 0.221. The molecule has 1 aliphatic rings. The van der Waals surface area contributed by atoms with Gasteiger partial charge in [-0.25, -0.2) is 17.6 Å². The van der Waals surface area contributed by atoms with Crippen molar-refractivity contribution in [3.05, 3.63) is 65.0 Å². The van der Waals surface area contributed by atoms with E-state index in [4.69, 9.17) is 0 Å². The number of benzene rings is 1. The number of hydrogen-bond acceptors (Lipinski definition) is 2. The van der Waals surface area contributed by atoms with Crippen molar-refractivity contribution in [3.63, 3.8) is 0 Å². The Hall–Kier alpha value is -2.57. The molecule has 2 atom stereocenters. The quantitative estimate of drug-likeness (QED) is 0.408. The Morgan fingerprint density at radius 3 is 2.42 bits per heavy atom. The zero-order chi connectivity index (χ0) is 18.7. The summed E-state index contributed by atoms with van der Waals surface area (Å²) in [7, 11) is 0. The first-order valence-electron chi connectivity index (χ1n) is 8.49. The van der Waals surface area contributed by atoms with E-state index < -0.39 is 46.5 Å². The molecule has 2 N–H and O–H groups in total. The summed E-state index contributed by atoms with van der Waals surface area (Å²) < 4.78 is 58.6. The molecule has 3 rings (SSSR count). The lowest BCUT2D eigenvalue weighted by molar-refractivity contribution is 0.431. The van der Waals surface area contributed by atoms with Gasteiger partial charge in [-0.15, -0.1) is 0 Å². The summed E-state index contributed by atoms with van der Waals surface area (Å²) >= 11 is 0. The van der Waals surface area contributed by atoms with Crippen LogP contribution in [0.2, 0.25) is 0 Å². The van der Waals surface area contributed by atoms with Gasteiger partial charge in [0.1, 0.15) is 5.69 Å². The number of anilines is 1. The number of halogens is 4. The summed E-state index contributed by atoms with van der Waals surface area (Å²) in [6.07, 6.45) is 7.73. The third kappa shape index (κ3) is 3.25. The first kappa shape index (κ1) is 18.2. The molecule has 0 radical (unpaired) electrons. The van der Waals surface area contributed by atoms with Gasteiger partial charge in [-0.2, -0.15) is 0 Å². The van der Waals surface area contributed by atoms with Crippen molar-refractivity contribution in [2.75, 3.05) is 11.9 Å². The fourth-order valence-corrected chi connectivity index (χ4v) is 3.07. The van der Waals surface area contributed by atoms with E-state index in [2.05, 4.69) is 15.3 Å². The Balaban J connectivity index is 2.11. The molecule has 1 aromatic heterocycles. The predicted octanol–water partition coefficient (Wildman–Crippen LogP) is 4.92. The number of rotatable bonds is 7. The molecule has 0 bridgehead atoms. The Kier molecular flexibility index (Phi) is 5.44. The summed E-state index contributed by atoms with van der Waals surface area (Å²) in [5, 5.41) is 2.45.